The Labute approximate surface area is 212 Å². The number of H-pyrrole nitrogens is 1. The molecule has 6 rings (SSSR count). The molecule has 4 aromatic heterocycles. The Bertz CT molecular complexity index is 1520. The summed E-state index contributed by atoms with van der Waals surface area (Å²) >= 11 is 6.09. The summed E-state index contributed by atoms with van der Waals surface area (Å²) < 4.78 is 11.4. The summed E-state index contributed by atoms with van der Waals surface area (Å²) in [5.41, 5.74) is 4.43. The molecule has 182 valence electrons. The third-order valence-corrected chi connectivity index (χ3v) is 6.69. The lowest BCUT2D eigenvalue weighted by Gasteiger charge is -2.30. The Morgan fingerprint density at radius 2 is 2.08 bits per heavy atom. The van der Waals surface area contributed by atoms with Crippen LogP contribution in [0.5, 0.6) is 5.88 Å². The molecule has 0 amide bonds. The van der Waals surface area contributed by atoms with E-state index in [2.05, 4.69) is 35.3 Å². The van der Waals surface area contributed by atoms with Crippen LogP contribution in [0, 0.1) is 0 Å². The van der Waals surface area contributed by atoms with Crippen LogP contribution in [0.4, 0.5) is 0 Å². The molecule has 1 aromatic carbocycles. The topological polar surface area (TPSA) is 106 Å². The maximum absolute atomic E-state index is 6.19. The molecular weight excluding hydrogens is 478 g/mol. The molecular formula is C26H24ClN7O2. The third kappa shape index (κ3) is 4.55. The van der Waals surface area contributed by atoms with E-state index in [1.54, 1.807) is 19.4 Å². The van der Waals surface area contributed by atoms with Crippen LogP contribution in [-0.2, 0) is 6.54 Å². The number of benzene rings is 1. The van der Waals surface area contributed by atoms with Gasteiger partial charge in [-0.05, 0) is 55.8 Å². The second-order valence-corrected chi connectivity index (χ2v) is 9.28. The molecule has 0 saturated carbocycles. The van der Waals surface area contributed by atoms with Crippen molar-refractivity contribution in [3.8, 4) is 28.6 Å². The number of aromatic amines is 1. The molecule has 5 heterocycles. The first-order valence-corrected chi connectivity index (χ1v) is 12.2. The number of hydrogen-bond acceptors (Lipinski definition) is 8. The lowest BCUT2D eigenvalue weighted by atomic mass is 9.98. The van der Waals surface area contributed by atoms with Gasteiger partial charge in [0.1, 0.15) is 10.8 Å². The van der Waals surface area contributed by atoms with Gasteiger partial charge in [-0.2, -0.15) is 5.10 Å². The number of ether oxygens (including phenoxy) is 1. The van der Waals surface area contributed by atoms with Crippen molar-refractivity contribution < 1.29 is 9.15 Å². The van der Waals surface area contributed by atoms with Gasteiger partial charge in [-0.15, -0.1) is 10.2 Å². The first kappa shape index (κ1) is 22.6. The van der Waals surface area contributed by atoms with Gasteiger partial charge in [0.15, 0.2) is 0 Å². The van der Waals surface area contributed by atoms with Gasteiger partial charge in [-0.1, -0.05) is 17.7 Å². The molecule has 36 heavy (non-hydrogen) atoms. The van der Waals surface area contributed by atoms with Crippen molar-refractivity contribution in [2.75, 3.05) is 20.2 Å². The summed E-state index contributed by atoms with van der Waals surface area (Å²) in [4.78, 5) is 11.0. The number of halogens is 1. The van der Waals surface area contributed by atoms with Crippen LogP contribution < -0.4 is 4.74 Å². The summed E-state index contributed by atoms with van der Waals surface area (Å²) in [6.45, 7) is 2.61. The summed E-state index contributed by atoms with van der Waals surface area (Å²) in [6.07, 6.45) is 3.74. The molecule has 0 spiro atoms. The lowest BCUT2D eigenvalue weighted by Crippen LogP contribution is -2.34. The summed E-state index contributed by atoms with van der Waals surface area (Å²) in [5.74, 6) is 1.98. The zero-order valence-electron chi connectivity index (χ0n) is 19.7. The van der Waals surface area contributed by atoms with E-state index >= 15 is 0 Å². The van der Waals surface area contributed by atoms with E-state index in [9.17, 15) is 0 Å². The van der Waals surface area contributed by atoms with E-state index in [0.29, 0.717) is 22.8 Å². The van der Waals surface area contributed by atoms with Gasteiger partial charge < -0.3 is 9.15 Å². The summed E-state index contributed by atoms with van der Waals surface area (Å²) in [6, 6.07) is 15.5. The number of pyridine rings is 2. The van der Waals surface area contributed by atoms with Crippen molar-refractivity contribution in [1.82, 2.24) is 35.3 Å². The number of likely N-dealkylation sites (tertiary alicyclic amines) is 1. The van der Waals surface area contributed by atoms with Gasteiger partial charge in [0.05, 0.1) is 24.2 Å². The SMILES string of the molecule is COc1cccc(CN2CCCC(c3nnc(-c4ccc5[nH]nc(-c6ccnc(Cl)c6)c5c4)o3)C2)n1. The van der Waals surface area contributed by atoms with Crippen molar-refractivity contribution in [3.05, 3.63) is 71.5 Å². The molecule has 0 radical (unpaired) electrons. The van der Waals surface area contributed by atoms with Crippen molar-refractivity contribution in [3.63, 3.8) is 0 Å². The Morgan fingerprint density at radius 3 is 2.97 bits per heavy atom. The van der Waals surface area contributed by atoms with E-state index in [1.807, 2.05) is 42.5 Å². The predicted octanol–water partition coefficient (Wildman–Crippen LogP) is 5.11. The van der Waals surface area contributed by atoms with Crippen molar-refractivity contribution in [2.45, 2.75) is 25.3 Å². The fraction of sp³-hybridized carbons (Fsp3) is 0.269. The number of nitrogens with one attached hydrogen (secondary N) is 1. The highest BCUT2D eigenvalue weighted by atomic mass is 35.5. The zero-order valence-corrected chi connectivity index (χ0v) is 20.4. The maximum atomic E-state index is 6.19. The zero-order chi connectivity index (χ0) is 24.5. The third-order valence-electron chi connectivity index (χ3n) is 6.48. The van der Waals surface area contributed by atoms with Crippen molar-refractivity contribution in [2.24, 2.45) is 0 Å². The molecule has 1 aliphatic rings. The number of methoxy groups -OCH3 is 1. The fourth-order valence-corrected chi connectivity index (χ4v) is 4.90. The molecule has 5 aromatic rings. The molecule has 10 heteroatoms. The Morgan fingerprint density at radius 1 is 1.14 bits per heavy atom. The highest BCUT2D eigenvalue weighted by Crippen LogP contribution is 2.33. The van der Waals surface area contributed by atoms with E-state index in [1.165, 1.54) is 0 Å². The van der Waals surface area contributed by atoms with E-state index in [4.69, 9.17) is 20.8 Å². The summed E-state index contributed by atoms with van der Waals surface area (Å²) in [5, 5.41) is 17.7. The number of piperidine rings is 1. The number of fused-ring (bicyclic) bond motifs is 1. The second-order valence-electron chi connectivity index (χ2n) is 8.89. The minimum Gasteiger partial charge on any atom is -0.481 e. The monoisotopic (exact) mass is 501 g/mol. The van der Waals surface area contributed by atoms with Crippen LogP contribution >= 0.6 is 11.6 Å². The van der Waals surface area contributed by atoms with Gasteiger partial charge >= 0.3 is 0 Å². The number of rotatable bonds is 6. The van der Waals surface area contributed by atoms with Gasteiger partial charge in [0.2, 0.25) is 17.7 Å². The molecule has 1 unspecified atom stereocenters. The van der Waals surface area contributed by atoms with Crippen LogP contribution in [0.1, 0.15) is 30.3 Å². The average molecular weight is 502 g/mol. The Kier molecular flexibility index (Phi) is 6.08. The van der Waals surface area contributed by atoms with Crippen LogP contribution in [-0.4, -0.2) is 55.5 Å². The van der Waals surface area contributed by atoms with E-state index in [0.717, 1.165) is 65.9 Å². The highest BCUT2D eigenvalue weighted by molar-refractivity contribution is 6.29. The van der Waals surface area contributed by atoms with Crippen LogP contribution in [0.3, 0.4) is 0 Å². The van der Waals surface area contributed by atoms with E-state index < -0.39 is 0 Å². The van der Waals surface area contributed by atoms with Crippen molar-refractivity contribution in [1.29, 1.82) is 0 Å². The quantitative estimate of drug-likeness (QED) is 0.320. The van der Waals surface area contributed by atoms with Crippen LogP contribution in [0.2, 0.25) is 5.15 Å². The maximum Gasteiger partial charge on any atom is 0.247 e. The number of nitrogens with zero attached hydrogens (tertiary/aromatic N) is 6. The average Bonchev–Trinajstić information content (AvgIpc) is 3.56. The first-order valence-electron chi connectivity index (χ1n) is 11.8. The van der Waals surface area contributed by atoms with Crippen molar-refractivity contribution >= 4 is 22.5 Å². The molecule has 1 saturated heterocycles. The van der Waals surface area contributed by atoms with Crippen LogP contribution in [0.25, 0.3) is 33.6 Å². The van der Waals surface area contributed by atoms with Gasteiger partial charge in [0, 0.05) is 41.9 Å². The molecule has 1 aliphatic heterocycles. The smallest absolute Gasteiger partial charge is 0.247 e. The van der Waals surface area contributed by atoms with Gasteiger partial charge in [-0.3, -0.25) is 10.00 Å². The first-order chi connectivity index (χ1) is 17.7. The minimum absolute atomic E-state index is 0.179. The Hall–Kier alpha value is -3.82. The fourth-order valence-electron chi connectivity index (χ4n) is 4.72. The van der Waals surface area contributed by atoms with Gasteiger partial charge in [0.25, 0.3) is 0 Å². The standard InChI is InChI=1S/C26H24ClN7O2/c1-35-23-6-2-5-19(29-23)15-34-11-3-4-18(14-34)26-33-32-25(36-26)17-7-8-21-20(12-17)24(31-30-21)16-9-10-28-22(27)13-16/h2,5-10,12-13,18H,3-4,11,14-15H2,1H3,(H,30,31). The molecule has 1 atom stereocenters. The molecule has 9 nitrogen and oxygen atoms in total. The lowest BCUT2D eigenvalue weighted by molar-refractivity contribution is 0.184. The predicted molar refractivity (Wildman–Crippen MR) is 136 cm³/mol. The second kappa shape index (κ2) is 9.67. The van der Waals surface area contributed by atoms with Crippen LogP contribution in [0.15, 0.2) is 59.1 Å². The molecule has 1 N–H and O–H groups in total. The summed E-state index contributed by atoms with van der Waals surface area (Å²) in [7, 11) is 1.63. The highest BCUT2D eigenvalue weighted by Gasteiger charge is 2.26. The largest absolute Gasteiger partial charge is 0.481 e. The van der Waals surface area contributed by atoms with E-state index in [-0.39, 0.29) is 5.92 Å². The molecule has 0 aliphatic carbocycles. The Balaban J connectivity index is 1.22. The molecule has 1 fully saturated rings. The van der Waals surface area contributed by atoms with Gasteiger partial charge in [-0.25, -0.2) is 9.97 Å². The molecule has 0 bridgehead atoms. The number of aromatic nitrogens is 6. The number of hydrogen-bond donors (Lipinski definition) is 1. The minimum atomic E-state index is 0.179. The normalized spacial score (nSPS) is 16.4.